The Morgan fingerprint density at radius 2 is 1.95 bits per heavy atom. The lowest BCUT2D eigenvalue weighted by atomic mass is 10.1. The molecule has 0 unspecified atom stereocenters. The molecule has 3 nitrogen and oxygen atoms in total. The average molecular weight is 284 g/mol. The summed E-state index contributed by atoms with van der Waals surface area (Å²) in [6.45, 7) is 1.81. The van der Waals surface area contributed by atoms with Crippen molar-refractivity contribution in [1.82, 2.24) is 5.32 Å². The Kier molecular flexibility index (Phi) is 4.72. The van der Waals surface area contributed by atoms with Crippen LogP contribution in [0.1, 0.15) is 24.1 Å². The second-order valence-electron chi connectivity index (χ2n) is 4.79. The Bertz CT molecular complexity index is 650. The molecule has 2 aromatic carbocycles. The SMILES string of the molecule is C[C@H](NC(=O)/C=C/c1ccc(N)cc1)c1cccc(F)c1. The summed E-state index contributed by atoms with van der Waals surface area (Å²) in [5.74, 6) is -0.547. The molecule has 0 aromatic heterocycles. The smallest absolute Gasteiger partial charge is 0.244 e. The van der Waals surface area contributed by atoms with Gasteiger partial charge in [0.1, 0.15) is 5.82 Å². The summed E-state index contributed by atoms with van der Waals surface area (Å²) in [6.07, 6.45) is 3.15. The number of anilines is 1. The van der Waals surface area contributed by atoms with Crippen molar-refractivity contribution in [3.8, 4) is 0 Å². The molecule has 2 rings (SSSR count). The van der Waals surface area contributed by atoms with Gasteiger partial charge in [0.2, 0.25) is 5.91 Å². The fourth-order valence-corrected chi connectivity index (χ4v) is 1.90. The van der Waals surface area contributed by atoms with E-state index in [-0.39, 0.29) is 17.8 Å². The van der Waals surface area contributed by atoms with Gasteiger partial charge in [-0.25, -0.2) is 4.39 Å². The van der Waals surface area contributed by atoms with Crippen LogP contribution in [0, 0.1) is 5.82 Å². The molecule has 0 saturated carbocycles. The summed E-state index contributed by atoms with van der Waals surface area (Å²) < 4.78 is 13.1. The Morgan fingerprint density at radius 1 is 1.24 bits per heavy atom. The van der Waals surface area contributed by atoms with Crippen molar-refractivity contribution in [2.75, 3.05) is 5.73 Å². The summed E-state index contributed by atoms with van der Waals surface area (Å²) in [6, 6.07) is 13.1. The minimum atomic E-state index is -0.314. The zero-order valence-electron chi connectivity index (χ0n) is 11.7. The van der Waals surface area contributed by atoms with Gasteiger partial charge in [-0.05, 0) is 48.4 Å². The summed E-state index contributed by atoms with van der Waals surface area (Å²) in [5, 5.41) is 2.79. The zero-order valence-corrected chi connectivity index (χ0v) is 11.7. The highest BCUT2D eigenvalue weighted by Gasteiger charge is 2.07. The van der Waals surface area contributed by atoms with E-state index < -0.39 is 0 Å². The number of hydrogen-bond acceptors (Lipinski definition) is 2. The van der Waals surface area contributed by atoms with E-state index in [1.54, 1.807) is 30.3 Å². The second kappa shape index (κ2) is 6.70. The average Bonchev–Trinajstić information content (AvgIpc) is 2.46. The van der Waals surface area contributed by atoms with Gasteiger partial charge in [-0.15, -0.1) is 0 Å². The van der Waals surface area contributed by atoms with Crippen LogP contribution in [0.5, 0.6) is 0 Å². The molecule has 108 valence electrons. The number of nitrogen functional groups attached to an aromatic ring is 1. The van der Waals surface area contributed by atoms with E-state index in [2.05, 4.69) is 5.32 Å². The molecule has 21 heavy (non-hydrogen) atoms. The van der Waals surface area contributed by atoms with Crippen LogP contribution in [0.3, 0.4) is 0 Å². The van der Waals surface area contributed by atoms with Crippen molar-refractivity contribution >= 4 is 17.7 Å². The maximum Gasteiger partial charge on any atom is 0.244 e. The summed E-state index contributed by atoms with van der Waals surface area (Å²) in [7, 11) is 0. The van der Waals surface area contributed by atoms with Crippen LogP contribution >= 0.6 is 0 Å². The molecular formula is C17H17FN2O. The number of halogens is 1. The van der Waals surface area contributed by atoms with Crippen LogP contribution in [0.15, 0.2) is 54.6 Å². The molecule has 0 aliphatic carbocycles. The summed E-state index contributed by atoms with van der Waals surface area (Å²) in [5.41, 5.74) is 7.88. The third-order valence-corrected chi connectivity index (χ3v) is 3.07. The largest absolute Gasteiger partial charge is 0.399 e. The van der Waals surface area contributed by atoms with Crippen LogP contribution in [0.25, 0.3) is 6.08 Å². The highest BCUT2D eigenvalue weighted by molar-refractivity contribution is 5.92. The molecule has 0 bridgehead atoms. The maximum absolute atomic E-state index is 13.1. The molecule has 0 fully saturated rings. The van der Waals surface area contributed by atoms with Crippen molar-refractivity contribution in [1.29, 1.82) is 0 Å². The molecule has 1 atom stereocenters. The molecule has 0 heterocycles. The number of nitrogens with one attached hydrogen (secondary N) is 1. The predicted molar refractivity (Wildman–Crippen MR) is 82.8 cm³/mol. The van der Waals surface area contributed by atoms with Crippen LogP contribution in [0.2, 0.25) is 0 Å². The molecule has 0 spiro atoms. The third kappa shape index (κ3) is 4.45. The van der Waals surface area contributed by atoms with Gasteiger partial charge in [-0.3, -0.25) is 4.79 Å². The number of hydrogen-bond donors (Lipinski definition) is 2. The molecule has 0 radical (unpaired) electrons. The fourth-order valence-electron chi connectivity index (χ4n) is 1.90. The number of benzene rings is 2. The van der Waals surface area contributed by atoms with Gasteiger partial charge in [-0.2, -0.15) is 0 Å². The standard InChI is InChI=1S/C17H17FN2O/c1-12(14-3-2-4-15(18)11-14)20-17(21)10-7-13-5-8-16(19)9-6-13/h2-12H,19H2,1H3,(H,20,21)/b10-7+/t12-/m0/s1. The van der Waals surface area contributed by atoms with Crippen molar-refractivity contribution in [2.24, 2.45) is 0 Å². The topological polar surface area (TPSA) is 55.1 Å². The van der Waals surface area contributed by atoms with Crippen molar-refractivity contribution in [3.05, 3.63) is 71.6 Å². The van der Waals surface area contributed by atoms with Crippen molar-refractivity contribution in [3.63, 3.8) is 0 Å². The molecule has 3 N–H and O–H groups in total. The normalized spacial score (nSPS) is 12.3. The zero-order chi connectivity index (χ0) is 15.2. The molecule has 2 aromatic rings. The van der Waals surface area contributed by atoms with Crippen LogP contribution < -0.4 is 11.1 Å². The quantitative estimate of drug-likeness (QED) is 0.668. The minimum Gasteiger partial charge on any atom is -0.399 e. The number of nitrogens with two attached hydrogens (primary N) is 1. The molecule has 0 aliphatic heterocycles. The van der Waals surface area contributed by atoms with Crippen LogP contribution in [0.4, 0.5) is 10.1 Å². The van der Waals surface area contributed by atoms with Gasteiger partial charge in [0.15, 0.2) is 0 Å². The van der Waals surface area contributed by atoms with Crippen molar-refractivity contribution < 1.29 is 9.18 Å². The highest BCUT2D eigenvalue weighted by Crippen LogP contribution is 2.13. The Hall–Kier alpha value is -2.62. The number of rotatable bonds is 4. The predicted octanol–water partition coefficient (Wildman–Crippen LogP) is 3.30. The first-order valence-corrected chi connectivity index (χ1v) is 6.64. The lowest BCUT2D eigenvalue weighted by Gasteiger charge is -2.12. The van der Waals surface area contributed by atoms with E-state index in [0.717, 1.165) is 11.1 Å². The molecule has 0 aliphatic rings. The van der Waals surface area contributed by atoms with E-state index in [1.165, 1.54) is 18.2 Å². The van der Waals surface area contributed by atoms with E-state index in [0.29, 0.717) is 5.69 Å². The minimum absolute atomic E-state index is 0.233. The molecule has 1 amide bonds. The number of carbonyl (C=O) groups is 1. The molecular weight excluding hydrogens is 267 g/mol. The van der Waals surface area contributed by atoms with E-state index in [9.17, 15) is 9.18 Å². The Balaban J connectivity index is 1.96. The van der Waals surface area contributed by atoms with Crippen molar-refractivity contribution in [2.45, 2.75) is 13.0 Å². The summed E-state index contributed by atoms with van der Waals surface area (Å²) in [4.78, 5) is 11.8. The van der Waals surface area contributed by atoms with E-state index >= 15 is 0 Å². The first-order chi connectivity index (χ1) is 10.0. The first kappa shape index (κ1) is 14.8. The lowest BCUT2D eigenvalue weighted by molar-refractivity contribution is -0.117. The Morgan fingerprint density at radius 3 is 2.62 bits per heavy atom. The van der Waals surface area contributed by atoms with Gasteiger partial charge in [0.25, 0.3) is 0 Å². The van der Waals surface area contributed by atoms with Gasteiger partial charge >= 0.3 is 0 Å². The van der Waals surface area contributed by atoms with Gasteiger partial charge in [0, 0.05) is 11.8 Å². The van der Waals surface area contributed by atoms with Crippen LogP contribution in [-0.2, 0) is 4.79 Å². The second-order valence-corrected chi connectivity index (χ2v) is 4.79. The number of amides is 1. The lowest BCUT2D eigenvalue weighted by Crippen LogP contribution is -2.24. The number of carbonyl (C=O) groups excluding carboxylic acids is 1. The monoisotopic (exact) mass is 284 g/mol. The van der Waals surface area contributed by atoms with Gasteiger partial charge in [0.05, 0.1) is 6.04 Å². The first-order valence-electron chi connectivity index (χ1n) is 6.64. The Labute approximate surface area is 123 Å². The highest BCUT2D eigenvalue weighted by atomic mass is 19.1. The third-order valence-electron chi connectivity index (χ3n) is 3.07. The van der Waals surface area contributed by atoms with Gasteiger partial charge in [-0.1, -0.05) is 24.3 Å². The molecule has 4 heteroatoms. The van der Waals surface area contributed by atoms with Gasteiger partial charge < -0.3 is 11.1 Å². The maximum atomic E-state index is 13.1. The van der Waals surface area contributed by atoms with Crippen LogP contribution in [-0.4, -0.2) is 5.91 Å². The molecule has 0 saturated heterocycles. The fraction of sp³-hybridized carbons (Fsp3) is 0.118. The van der Waals surface area contributed by atoms with E-state index in [1.807, 2.05) is 19.1 Å². The van der Waals surface area contributed by atoms with E-state index in [4.69, 9.17) is 5.73 Å². The summed E-state index contributed by atoms with van der Waals surface area (Å²) >= 11 is 0.